The van der Waals surface area contributed by atoms with Crippen LogP contribution in [0.2, 0.25) is 0 Å². The maximum absolute atomic E-state index is 11.5. The normalized spacial score (nSPS) is 9.69. The first-order chi connectivity index (χ1) is 7.60. The van der Waals surface area contributed by atoms with Gasteiger partial charge in [-0.05, 0) is 13.0 Å². The molecule has 0 aliphatic heterocycles. The highest BCUT2D eigenvalue weighted by atomic mass is 16.5. The predicted octanol–water partition coefficient (Wildman–Crippen LogP) is 1.47. The molecule has 0 radical (unpaired) electrons. The fraction of sp³-hybridized carbons (Fsp3) is 0.364. The summed E-state index contributed by atoms with van der Waals surface area (Å²) in [5, 5.41) is 0. The molecule has 1 aromatic heterocycles. The van der Waals surface area contributed by atoms with Crippen molar-refractivity contribution in [2.75, 3.05) is 13.7 Å². The largest absolute Gasteiger partial charge is 0.481 e. The van der Waals surface area contributed by atoms with Crippen LogP contribution in [0.15, 0.2) is 12.1 Å². The topological polar surface area (TPSA) is 65.5 Å². The lowest BCUT2D eigenvalue weighted by Crippen LogP contribution is -2.12. The van der Waals surface area contributed by atoms with Crippen LogP contribution in [0.3, 0.4) is 0 Å². The number of esters is 1. The van der Waals surface area contributed by atoms with Crippen LogP contribution in [0, 0.1) is 0 Å². The Bertz CT molecular complexity index is 414. The van der Waals surface area contributed by atoms with Crippen LogP contribution in [-0.2, 0) is 4.74 Å². The van der Waals surface area contributed by atoms with Crippen LogP contribution in [0.1, 0.15) is 34.7 Å². The number of carbonyl (C=O) groups is 2. The Morgan fingerprint density at radius 3 is 2.56 bits per heavy atom. The maximum Gasteiger partial charge on any atom is 0.340 e. The highest BCUT2D eigenvalue weighted by molar-refractivity contribution is 6.04. The molecule has 5 nitrogen and oxygen atoms in total. The van der Waals surface area contributed by atoms with Crippen molar-refractivity contribution in [2.45, 2.75) is 13.8 Å². The molecule has 0 aromatic carbocycles. The lowest BCUT2D eigenvalue weighted by atomic mass is 10.1. The summed E-state index contributed by atoms with van der Waals surface area (Å²) in [7, 11) is 1.44. The lowest BCUT2D eigenvalue weighted by Gasteiger charge is -2.07. The fourth-order valence-electron chi connectivity index (χ4n) is 1.20. The van der Waals surface area contributed by atoms with Gasteiger partial charge in [-0.1, -0.05) is 0 Å². The van der Waals surface area contributed by atoms with E-state index in [0.717, 1.165) is 0 Å². The molecule has 0 saturated heterocycles. The van der Waals surface area contributed by atoms with Gasteiger partial charge in [0.05, 0.1) is 19.3 Å². The Morgan fingerprint density at radius 1 is 1.38 bits per heavy atom. The molecule has 0 unspecified atom stereocenters. The molecule has 0 N–H and O–H groups in total. The van der Waals surface area contributed by atoms with Crippen LogP contribution in [0.5, 0.6) is 5.88 Å². The molecule has 5 heteroatoms. The van der Waals surface area contributed by atoms with E-state index >= 15 is 0 Å². The van der Waals surface area contributed by atoms with Crippen LogP contribution < -0.4 is 4.74 Å². The smallest absolute Gasteiger partial charge is 0.340 e. The van der Waals surface area contributed by atoms with Crippen molar-refractivity contribution < 1.29 is 19.1 Å². The summed E-state index contributed by atoms with van der Waals surface area (Å²) in [5.74, 6) is -0.567. The van der Waals surface area contributed by atoms with Gasteiger partial charge in [0, 0.05) is 13.0 Å². The molecular weight excluding hydrogens is 210 g/mol. The molecule has 86 valence electrons. The average molecular weight is 223 g/mol. The summed E-state index contributed by atoms with van der Waals surface area (Å²) >= 11 is 0. The second kappa shape index (κ2) is 5.25. The Hall–Kier alpha value is -1.91. The molecule has 0 aliphatic rings. The number of methoxy groups -OCH3 is 1. The third-order valence-corrected chi connectivity index (χ3v) is 1.91. The van der Waals surface area contributed by atoms with Crippen LogP contribution in [0.4, 0.5) is 0 Å². The Balaban J connectivity index is 3.17. The zero-order chi connectivity index (χ0) is 12.1. The molecule has 0 atom stereocenters. The van der Waals surface area contributed by atoms with Gasteiger partial charge in [0.25, 0.3) is 0 Å². The number of nitrogens with zero attached hydrogens (tertiary/aromatic N) is 1. The zero-order valence-electron chi connectivity index (χ0n) is 9.44. The summed E-state index contributed by atoms with van der Waals surface area (Å²) in [6, 6.07) is 2.99. The number of carbonyl (C=O) groups excluding carboxylic acids is 2. The number of Topliss-reactive ketones (excluding diaryl/α,β-unsaturated/α-hetero) is 1. The van der Waals surface area contributed by atoms with Gasteiger partial charge in [-0.15, -0.1) is 0 Å². The number of hydrogen-bond donors (Lipinski definition) is 0. The molecule has 0 aliphatic carbocycles. The number of ketones is 1. The van der Waals surface area contributed by atoms with E-state index in [9.17, 15) is 9.59 Å². The van der Waals surface area contributed by atoms with Crippen LogP contribution in [0.25, 0.3) is 0 Å². The molecule has 0 fully saturated rings. The van der Waals surface area contributed by atoms with E-state index < -0.39 is 5.97 Å². The third kappa shape index (κ3) is 2.56. The minimum Gasteiger partial charge on any atom is -0.481 e. The fourth-order valence-corrected chi connectivity index (χ4v) is 1.20. The first kappa shape index (κ1) is 12.2. The van der Waals surface area contributed by atoms with Crippen molar-refractivity contribution >= 4 is 11.8 Å². The average Bonchev–Trinajstić information content (AvgIpc) is 2.28. The van der Waals surface area contributed by atoms with Gasteiger partial charge >= 0.3 is 5.97 Å². The highest BCUT2D eigenvalue weighted by Gasteiger charge is 2.17. The minimum atomic E-state index is -0.553. The van der Waals surface area contributed by atoms with E-state index in [1.165, 1.54) is 26.2 Å². The molecule has 1 rings (SSSR count). The number of aromatic nitrogens is 1. The van der Waals surface area contributed by atoms with E-state index in [-0.39, 0.29) is 23.6 Å². The van der Waals surface area contributed by atoms with E-state index in [1.54, 1.807) is 6.92 Å². The summed E-state index contributed by atoms with van der Waals surface area (Å²) in [6.07, 6.45) is 0. The summed E-state index contributed by atoms with van der Waals surface area (Å²) in [5.41, 5.74) is 0.230. The highest BCUT2D eigenvalue weighted by Crippen LogP contribution is 2.14. The first-order valence-corrected chi connectivity index (χ1v) is 4.83. The summed E-state index contributed by atoms with van der Waals surface area (Å²) in [4.78, 5) is 26.8. The lowest BCUT2D eigenvalue weighted by molar-refractivity contribution is 0.0522. The number of ether oxygens (including phenoxy) is 2. The molecule has 1 aromatic rings. The second-order valence-corrected chi connectivity index (χ2v) is 3.03. The quantitative estimate of drug-likeness (QED) is 0.571. The Kier molecular flexibility index (Phi) is 3.99. The van der Waals surface area contributed by atoms with Crippen LogP contribution >= 0.6 is 0 Å². The molecule has 16 heavy (non-hydrogen) atoms. The molecule has 0 saturated carbocycles. The second-order valence-electron chi connectivity index (χ2n) is 3.03. The third-order valence-electron chi connectivity index (χ3n) is 1.91. The number of hydrogen-bond acceptors (Lipinski definition) is 5. The maximum atomic E-state index is 11.5. The van der Waals surface area contributed by atoms with Gasteiger partial charge in [-0.2, -0.15) is 0 Å². The van der Waals surface area contributed by atoms with E-state index in [4.69, 9.17) is 9.47 Å². The molecule has 1 heterocycles. The molecule has 0 amide bonds. The van der Waals surface area contributed by atoms with Gasteiger partial charge in [0.2, 0.25) is 5.88 Å². The van der Waals surface area contributed by atoms with Gasteiger partial charge in [-0.25, -0.2) is 9.78 Å². The summed E-state index contributed by atoms with van der Waals surface area (Å²) in [6.45, 7) is 3.29. The van der Waals surface area contributed by atoms with Crippen LogP contribution in [-0.4, -0.2) is 30.5 Å². The standard InChI is InChI=1S/C11H13NO4/c1-4-16-11(14)8-5-6-9(15-3)12-10(8)7(2)13/h5-6H,4H2,1-3H3. The van der Waals surface area contributed by atoms with E-state index in [1.807, 2.05) is 0 Å². The summed E-state index contributed by atoms with van der Waals surface area (Å²) < 4.78 is 9.70. The van der Waals surface area contributed by atoms with Crippen molar-refractivity contribution in [1.82, 2.24) is 4.98 Å². The van der Waals surface area contributed by atoms with Gasteiger partial charge < -0.3 is 9.47 Å². The first-order valence-electron chi connectivity index (χ1n) is 4.83. The SMILES string of the molecule is CCOC(=O)c1ccc(OC)nc1C(C)=O. The van der Waals surface area contributed by atoms with Crippen molar-refractivity contribution in [3.63, 3.8) is 0 Å². The molecular formula is C11H13NO4. The van der Waals surface area contributed by atoms with Gasteiger partial charge in [0.15, 0.2) is 5.78 Å². The predicted molar refractivity (Wildman–Crippen MR) is 56.8 cm³/mol. The van der Waals surface area contributed by atoms with Crippen molar-refractivity contribution in [3.8, 4) is 5.88 Å². The monoisotopic (exact) mass is 223 g/mol. The number of rotatable bonds is 4. The van der Waals surface area contributed by atoms with Crippen molar-refractivity contribution in [1.29, 1.82) is 0 Å². The minimum absolute atomic E-state index is 0.0674. The van der Waals surface area contributed by atoms with Gasteiger partial charge in [-0.3, -0.25) is 4.79 Å². The molecule has 0 spiro atoms. The Morgan fingerprint density at radius 2 is 2.06 bits per heavy atom. The Labute approximate surface area is 93.4 Å². The van der Waals surface area contributed by atoms with Gasteiger partial charge in [0.1, 0.15) is 5.69 Å². The van der Waals surface area contributed by atoms with E-state index in [2.05, 4.69) is 4.98 Å². The zero-order valence-corrected chi connectivity index (χ0v) is 9.44. The molecule has 0 bridgehead atoms. The van der Waals surface area contributed by atoms with Crippen molar-refractivity contribution in [3.05, 3.63) is 23.4 Å². The van der Waals surface area contributed by atoms with Crippen molar-refractivity contribution in [2.24, 2.45) is 0 Å². The van der Waals surface area contributed by atoms with E-state index in [0.29, 0.717) is 5.88 Å². The number of pyridine rings is 1.